The molecule has 1 saturated heterocycles. The molecule has 0 bridgehead atoms. The summed E-state index contributed by atoms with van der Waals surface area (Å²) in [5.74, 6) is 0.661. The van der Waals surface area contributed by atoms with Crippen LogP contribution in [0.4, 0.5) is 0 Å². The first-order chi connectivity index (χ1) is 11.1. The molecule has 122 valence electrons. The van der Waals surface area contributed by atoms with Crippen molar-refractivity contribution in [3.63, 3.8) is 0 Å². The fraction of sp³-hybridized carbons (Fsp3) is 0.579. The molecule has 1 aliphatic heterocycles. The lowest BCUT2D eigenvalue weighted by Crippen LogP contribution is -2.47. The normalized spacial score (nSPS) is 35.0. The lowest BCUT2D eigenvalue weighted by molar-refractivity contribution is -0.142. The number of carbonyl (C=O) groups is 1. The number of carbonyl (C=O) groups excluding carboxylic acids is 1. The summed E-state index contributed by atoms with van der Waals surface area (Å²) in [5.41, 5.74) is 2.34. The van der Waals surface area contributed by atoms with Gasteiger partial charge in [0, 0.05) is 17.8 Å². The number of rotatable bonds is 4. The highest BCUT2D eigenvalue weighted by atomic mass is 16.6. The number of hydrogen-bond donors (Lipinski definition) is 0. The fourth-order valence-electron chi connectivity index (χ4n) is 4.58. The number of esters is 1. The van der Waals surface area contributed by atoms with E-state index < -0.39 is 5.60 Å². The lowest BCUT2D eigenvalue weighted by Gasteiger charge is -2.38. The molecular formula is C19H23NO3. The van der Waals surface area contributed by atoms with Crippen molar-refractivity contribution in [1.29, 1.82) is 0 Å². The molecule has 2 fully saturated rings. The van der Waals surface area contributed by atoms with E-state index in [0.29, 0.717) is 18.4 Å². The van der Waals surface area contributed by atoms with Crippen molar-refractivity contribution >= 4 is 5.97 Å². The smallest absolute Gasteiger partial charge is 0.337 e. The van der Waals surface area contributed by atoms with E-state index in [4.69, 9.17) is 9.47 Å². The number of pyridine rings is 1. The molecule has 1 aromatic rings. The molecule has 2 aliphatic carbocycles. The maximum Gasteiger partial charge on any atom is 0.337 e. The first kappa shape index (κ1) is 14.9. The van der Waals surface area contributed by atoms with Gasteiger partial charge in [-0.05, 0) is 50.2 Å². The van der Waals surface area contributed by atoms with Crippen LogP contribution in [0.5, 0.6) is 0 Å². The predicted molar refractivity (Wildman–Crippen MR) is 85.8 cm³/mol. The van der Waals surface area contributed by atoms with E-state index in [0.717, 1.165) is 42.6 Å². The third kappa shape index (κ3) is 2.31. The molecule has 4 heteroatoms. The fourth-order valence-corrected chi connectivity index (χ4v) is 4.58. The van der Waals surface area contributed by atoms with Crippen molar-refractivity contribution in [2.24, 2.45) is 11.8 Å². The summed E-state index contributed by atoms with van der Waals surface area (Å²) >= 11 is 0. The van der Waals surface area contributed by atoms with Gasteiger partial charge in [0.05, 0.1) is 12.2 Å². The zero-order valence-electron chi connectivity index (χ0n) is 13.7. The highest BCUT2D eigenvalue weighted by molar-refractivity contribution is 5.94. The molecule has 2 heterocycles. The van der Waals surface area contributed by atoms with Crippen LogP contribution in [0.15, 0.2) is 29.8 Å². The molecule has 3 aliphatic rings. The second-order valence-electron chi connectivity index (χ2n) is 7.12. The molecule has 0 spiro atoms. The number of aromatic nitrogens is 1. The molecular weight excluding hydrogens is 290 g/mol. The van der Waals surface area contributed by atoms with Crippen LogP contribution in [0.25, 0.3) is 0 Å². The summed E-state index contributed by atoms with van der Waals surface area (Å²) in [6.45, 7) is 4.74. The minimum Gasteiger partial charge on any atom is -0.455 e. The number of aryl methyl sites for hydroxylation is 1. The van der Waals surface area contributed by atoms with Crippen LogP contribution in [0, 0.1) is 18.8 Å². The van der Waals surface area contributed by atoms with Gasteiger partial charge in [-0.25, -0.2) is 4.79 Å². The van der Waals surface area contributed by atoms with Crippen molar-refractivity contribution in [3.8, 4) is 0 Å². The Morgan fingerprint density at radius 1 is 1.39 bits per heavy atom. The molecule has 4 atom stereocenters. The molecule has 1 unspecified atom stereocenters. The maximum atomic E-state index is 12.2. The lowest BCUT2D eigenvalue weighted by atomic mass is 9.73. The Balaban J connectivity index is 1.54. The van der Waals surface area contributed by atoms with Gasteiger partial charge in [0.15, 0.2) is 0 Å². The summed E-state index contributed by atoms with van der Waals surface area (Å²) in [6, 6.07) is 6.05. The van der Waals surface area contributed by atoms with Crippen molar-refractivity contribution < 1.29 is 14.3 Å². The van der Waals surface area contributed by atoms with Gasteiger partial charge in [-0.15, -0.1) is 0 Å². The Bertz CT molecular complexity index is 668. The summed E-state index contributed by atoms with van der Waals surface area (Å²) in [6.07, 6.45) is 5.84. The maximum absolute atomic E-state index is 12.2. The number of hydrogen-bond acceptors (Lipinski definition) is 4. The summed E-state index contributed by atoms with van der Waals surface area (Å²) < 4.78 is 12.0. The van der Waals surface area contributed by atoms with E-state index in [9.17, 15) is 4.79 Å². The number of nitrogens with zero attached hydrogens (tertiary/aromatic N) is 1. The Kier molecular flexibility index (Phi) is 3.52. The van der Waals surface area contributed by atoms with Crippen molar-refractivity contribution in [3.05, 3.63) is 41.2 Å². The van der Waals surface area contributed by atoms with E-state index in [1.165, 1.54) is 0 Å². The molecule has 1 saturated carbocycles. The van der Waals surface area contributed by atoms with Crippen LogP contribution in [0.3, 0.4) is 0 Å². The van der Waals surface area contributed by atoms with Gasteiger partial charge in [-0.3, -0.25) is 4.98 Å². The van der Waals surface area contributed by atoms with Crippen molar-refractivity contribution in [2.45, 2.75) is 51.2 Å². The minimum atomic E-state index is -0.493. The topological polar surface area (TPSA) is 48.4 Å². The molecule has 0 radical (unpaired) electrons. The van der Waals surface area contributed by atoms with Crippen LogP contribution in [-0.2, 0) is 20.7 Å². The third-order valence-electron chi connectivity index (χ3n) is 5.50. The average molecular weight is 313 g/mol. The van der Waals surface area contributed by atoms with Crippen LogP contribution < -0.4 is 0 Å². The van der Waals surface area contributed by atoms with Gasteiger partial charge in [0.2, 0.25) is 0 Å². The van der Waals surface area contributed by atoms with Gasteiger partial charge in [-0.2, -0.15) is 0 Å². The van der Waals surface area contributed by atoms with Crippen LogP contribution in [0.2, 0.25) is 0 Å². The van der Waals surface area contributed by atoms with Gasteiger partial charge in [0.1, 0.15) is 11.7 Å². The largest absolute Gasteiger partial charge is 0.455 e. The first-order valence-corrected chi connectivity index (χ1v) is 8.59. The third-order valence-corrected chi connectivity index (χ3v) is 5.50. The van der Waals surface area contributed by atoms with Crippen LogP contribution in [0.1, 0.15) is 37.6 Å². The molecule has 23 heavy (non-hydrogen) atoms. The van der Waals surface area contributed by atoms with E-state index in [-0.39, 0.29) is 12.1 Å². The van der Waals surface area contributed by atoms with Crippen molar-refractivity contribution in [2.75, 3.05) is 6.61 Å². The van der Waals surface area contributed by atoms with E-state index in [2.05, 4.69) is 18.0 Å². The zero-order chi connectivity index (χ0) is 16.0. The molecule has 0 N–H and O–H groups in total. The molecule has 4 nitrogen and oxygen atoms in total. The standard InChI is InChI=1S/C19H23NO3/c1-12-10-14-6-7-17-19(14,16(11-12)18(21)23-17)22-9-8-15-5-3-4-13(2)20-15/h3-5,11-12,14,17H,6-10H2,1-2H3/t12-,14?,17+,19-/m0/s1. The Hall–Kier alpha value is -1.68. The second kappa shape index (κ2) is 5.45. The number of allylic oxidation sites excluding steroid dienone is 1. The van der Waals surface area contributed by atoms with Crippen LogP contribution in [-0.4, -0.2) is 29.3 Å². The van der Waals surface area contributed by atoms with Gasteiger partial charge in [-0.1, -0.05) is 19.1 Å². The van der Waals surface area contributed by atoms with Gasteiger partial charge >= 0.3 is 5.97 Å². The number of ether oxygens (including phenoxy) is 2. The average Bonchev–Trinajstić information content (AvgIpc) is 2.98. The molecule has 0 amide bonds. The summed E-state index contributed by atoms with van der Waals surface area (Å²) in [4.78, 5) is 16.8. The van der Waals surface area contributed by atoms with Gasteiger partial charge < -0.3 is 9.47 Å². The van der Waals surface area contributed by atoms with Gasteiger partial charge in [0.25, 0.3) is 0 Å². The predicted octanol–water partition coefficient (Wildman–Crippen LogP) is 2.99. The van der Waals surface area contributed by atoms with Crippen molar-refractivity contribution in [1.82, 2.24) is 4.98 Å². The van der Waals surface area contributed by atoms with E-state index in [1.54, 1.807) is 0 Å². The molecule has 4 rings (SSSR count). The monoisotopic (exact) mass is 313 g/mol. The Morgan fingerprint density at radius 3 is 3.09 bits per heavy atom. The minimum absolute atomic E-state index is 0.0933. The molecule has 1 aromatic heterocycles. The molecule has 0 aromatic carbocycles. The highest BCUT2D eigenvalue weighted by Crippen LogP contribution is 2.55. The van der Waals surface area contributed by atoms with E-state index >= 15 is 0 Å². The Morgan fingerprint density at radius 2 is 2.26 bits per heavy atom. The summed E-state index contributed by atoms with van der Waals surface area (Å²) in [7, 11) is 0. The second-order valence-corrected chi connectivity index (χ2v) is 7.12. The zero-order valence-corrected chi connectivity index (χ0v) is 13.7. The highest BCUT2D eigenvalue weighted by Gasteiger charge is 2.63. The Labute approximate surface area is 136 Å². The first-order valence-electron chi connectivity index (χ1n) is 8.59. The van der Waals surface area contributed by atoms with E-state index in [1.807, 2.05) is 25.1 Å². The SMILES string of the molecule is Cc1cccc(CCO[C@]23C4=C[C@@H](C)CC2CC[C@H]3OC4=O)n1. The summed E-state index contributed by atoms with van der Waals surface area (Å²) in [5, 5.41) is 0. The quantitative estimate of drug-likeness (QED) is 0.802. The van der Waals surface area contributed by atoms with Crippen LogP contribution >= 0.6 is 0 Å².